The van der Waals surface area contributed by atoms with Gasteiger partial charge in [0.05, 0.1) is 11.3 Å². The summed E-state index contributed by atoms with van der Waals surface area (Å²) in [7, 11) is 0. The maximum Gasteiger partial charge on any atom is 0.416 e. The Labute approximate surface area is 138 Å². The van der Waals surface area contributed by atoms with Crippen molar-refractivity contribution in [3.63, 3.8) is 0 Å². The molecule has 0 radical (unpaired) electrons. The molecule has 0 saturated heterocycles. The summed E-state index contributed by atoms with van der Waals surface area (Å²) in [6.07, 6.45) is -0.842. The highest BCUT2D eigenvalue weighted by molar-refractivity contribution is 5.65. The number of benzene rings is 2. The first kappa shape index (κ1) is 16.3. The van der Waals surface area contributed by atoms with Crippen LogP contribution in [0.3, 0.4) is 0 Å². The van der Waals surface area contributed by atoms with Crippen LogP contribution in [0.25, 0.3) is 17.1 Å². The minimum absolute atomic E-state index is 0.545. The summed E-state index contributed by atoms with van der Waals surface area (Å²) in [6, 6.07) is 9.75. The molecule has 0 amide bonds. The van der Waals surface area contributed by atoms with Crippen molar-refractivity contribution in [3.05, 3.63) is 71.0 Å². The monoisotopic (exact) mass is 330 g/mol. The van der Waals surface area contributed by atoms with Crippen LogP contribution >= 0.6 is 0 Å². The zero-order chi connectivity index (χ0) is 17.5. The average molecular weight is 330 g/mol. The van der Waals surface area contributed by atoms with E-state index in [2.05, 4.69) is 4.98 Å². The third-order valence-electron chi connectivity index (χ3n) is 4.12. The van der Waals surface area contributed by atoms with E-state index in [1.165, 1.54) is 12.1 Å². The van der Waals surface area contributed by atoms with Gasteiger partial charge in [0.25, 0.3) is 0 Å². The lowest BCUT2D eigenvalue weighted by Crippen LogP contribution is -2.06. The van der Waals surface area contributed by atoms with Crippen molar-refractivity contribution >= 4 is 0 Å². The van der Waals surface area contributed by atoms with Crippen LogP contribution in [0.15, 0.2) is 48.8 Å². The third-order valence-corrected chi connectivity index (χ3v) is 4.12. The Balaban J connectivity index is 2.15. The zero-order valence-electron chi connectivity index (χ0n) is 13.6. The molecule has 1 aromatic heterocycles. The predicted octanol–water partition coefficient (Wildman–Crippen LogP) is 5.48. The van der Waals surface area contributed by atoms with Gasteiger partial charge in [-0.25, -0.2) is 4.98 Å². The molecule has 2 aromatic carbocycles. The molecule has 0 saturated carbocycles. The van der Waals surface area contributed by atoms with Gasteiger partial charge in [0, 0.05) is 18.0 Å². The lowest BCUT2D eigenvalue weighted by Gasteiger charge is -2.16. The summed E-state index contributed by atoms with van der Waals surface area (Å²) in [5, 5.41) is 0. The van der Waals surface area contributed by atoms with Crippen LogP contribution < -0.4 is 0 Å². The van der Waals surface area contributed by atoms with E-state index in [1.54, 1.807) is 13.1 Å². The molecule has 124 valence electrons. The Morgan fingerprint density at radius 3 is 2.17 bits per heavy atom. The minimum atomic E-state index is -4.34. The van der Waals surface area contributed by atoms with Gasteiger partial charge in [-0.1, -0.05) is 24.3 Å². The number of halogens is 3. The van der Waals surface area contributed by atoms with E-state index in [9.17, 15) is 13.2 Å². The summed E-state index contributed by atoms with van der Waals surface area (Å²) < 4.78 is 40.5. The Kier molecular flexibility index (Phi) is 3.95. The highest BCUT2D eigenvalue weighted by Gasteiger charge is 2.31. The molecule has 0 fully saturated rings. The molecule has 2 nitrogen and oxygen atoms in total. The van der Waals surface area contributed by atoms with Gasteiger partial charge in [-0.05, 0) is 49.6 Å². The van der Waals surface area contributed by atoms with Crippen molar-refractivity contribution in [1.29, 1.82) is 0 Å². The van der Waals surface area contributed by atoms with E-state index < -0.39 is 11.7 Å². The predicted molar refractivity (Wildman–Crippen MR) is 88.2 cm³/mol. The van der Waals surface area contributed by atoms with Gasteiger partial charge in [-0.3, -0.25) is 4.57 Å². The van der Waals surface area contributed by atoms with Gasteiger partial charge < -0.3 is 0 Å². The van der Waals surface area contributed by atoms with Crippen molar-refractivity contribution in [1.82, 2.24) is 9.55 Å². The molecule has 5 heteroatoms. The summed E-state index contributed by atoms with van der Waals surface area (Å²) in [4.78, 5) is 4.38. The quantitative estimate of drug-likeness (QED) is 0.608. The Morgan fingerprint density at radius 1 is 0.917 bits per heavy atom. The summed E-state index contributed by atoms with van der Waals surface area (Å²) in [5.41, 5.74) is 3.76. The summed E-state index contributed by atoms with van der Waals surface area (Å²) in [6.45, 7) is 5.69. The number of aryl methyl sites for hydroxylation is 3. The van der Waals surface area contributed by atoms with Crippen molar-refractivity contribution in [2.24, 2.45) is 0 Å². The Morgan fingerprint density at radius 2 is 1.58 bits per heavy atom. The fourth-order valence-corrected chi connectivity index (χ4v) is 2.96. The van der Waals surface area contributed by atoms with Gasteiger partial charge >= 0.3 is 6.18 Å². The van der Waals surface area contributed by atoms with E-state index in [1.807, 2.05) is 42.8 Å². The van der Waals surface area contributed by atoms with E-state index in [0.717, 1.165) is 22.9 Å². The molecule has 3 aromatic rings. The second-order valence-electron chi connectivity index (χ2n) is 5.89. The number of nitrogens with zero attached hydrogens (tertiary/aromatic N) is 2. The van der Waals surface area contributed by atoms with Crippen LogP contribution in [0.5, 0.6) is 0 Å². The number of rotatable bonds is 2. The number of hydrogen-bond donors (Lipinski definition) is 0. The van der Waals surface area contributed by atoms with Crippen LogP contribution in [0.2, 0.25) is 0 Å². The van der Waals surface area contributed by atoms with E-state index in [-0.39, 0.29) is 0 Å². The molecule has 0 aliphatic heterocycles. The molecule has 0 unspecified atom stereocenters. The van der Waals surface area contributed by atoms with Crippen LogP contribution in [0.1, 0.15) is 22.3 Å². The molecular formula is C19H17F3N2. The van der Waals surface area contributed by atoms with Gasteiger partial charge in [0.2, 0.25) is 0 Å². The van der Waals surface area contributed by atoms with Gasteiger partial charge in [-0.15, -0.1) is 0 Å². The maximum atomic E-state index is 12.9. The van der Waals surface area contributed by atoms with Crippen LogP contribution in [0.4, 0.5) is 13.2 Å². The molecule has 3 rings (SSSR count). The van der Waals surface area contributed by atoms with E-state index in [0.29, 0.717) is 17.0 Å². The SMILES string of the molecule is Cc1cc(C(F)(F)F)ccc1-c1nccn1-c1c(C)cccc1C. The van der Waals surface area contributed by atoms with Gasteiger partial charge in [0.1, 0.15) is 5.82 Å². The molecule has 1 heterocycles. The number of hydrogen-bond acceptors (Lipinski definition) is 1. The normalized spacial score (nSPS) is 11.8. The van der Waals surface area contributed by atoms with Crippen molar-refractivity contribution in [2.45, 2.75) is 26.9 Å². The molecular weight excluding hydrogens is 313 g/mol. The van der Waals surface area contributed by atoms with Crippen molar-refractivity contribution in [3.8, 4) is 17.1 Å². The molecule has 0 bridgehead atoms. The largest absolute Gasteiger partial charge is 0.416 e. The lowest BCUT2D eigenvalue weighted by atomic mass is 10.0. The smallest absolute Gasteiger partial charge is 0.299 e. The number of aromatic nitrogens is 2. The summed E-state index contributed by atoms with van der Waals surface area (Å²) >= 11 is 0. The highest BCUT2D eigenvalue weighted by atomic mass is 19.4. The second-order valence-corrected chi connectivity index (χ2v) is 5.89. The Hall–Kier alpha value is -2.56. The molecule has 0 spiro atoms. The molecule has 0 atom stereocenters. The lowest BCUT2D eigenvalue weighted by molar-refractivity contribution is -0.137. The first-order chi connectivity index (χ1) is 11.3. The molecule has 24 heavy (non-hydrogen) atoms. The van der Waals surface area contributed by atoms with E-state index >= 15 is 0 Å². The number of alkyl halides is 3. The van der Waals surface area contributed by atoms with Crippen molar-refractivity contribution in [2.75, 3.05) is 0 Å². The fourth-order valence-electron chi connectivity index (χ4n) is 2.96. The van der Waals surface area contributed by atoms with Gasteiger partial charge in [0.15, 0.2) is 0 Å². The van der Waals surface area contributed by atoms with Crippen LogP contribution in [-0.4, -0.2) is 9.55 Å². The average Bonchev–Trinajstić information content (AvgIpc) is 2.95. The molecule has 0 N–H and O–H groups in total. The molecule has 0 aliphatic carbocycles. The van der Waals surface area contributed by atoms with Gasteiger partial charge in [-0.2, -0.15) is 13.2 Å². The van der Waals surface area contributed by atoms with Crippen LogP contribution in [-0.2, 0) is 6.18 Å². The summed E-state index contributed by atoms with van der Waals surface area (Å²) in [5.74, 6) is 0.638. The number of imidazole rings is 1. The topological polar surface area (TPSA) is 17.8 Å². The maximum absolute atomic E-state index is 12.9. The minimum Gasteiger partial charge on any atom is -0.299 e. The zero-order valence-corrected chi connectivity index (χ0v) is 13.6. The fraction of sp³-hybridized carbons (Fsp3) is 0.211. The first-order valence-electron chi connectivity index (χ1n) is 7.57. The van der Waals surface area contributed by atoms with Crippen molar-refractivity contribution < 1.29 is 13.2 Å². The van der Waals surface area contributed by atoms with Crippen LogP contribution in [0, 0.1) is 20.8 Å². The standard InChI is InChI=1S/C19H17F3N2/c1-12-5-4-6-13(2)17(12)24-10-9-23-18(24)16-8-7-15(11-14(16)3)19(20,21)22/h4-11H,1-3H3. The first-order valence-corrected chi connectivity index (χ1v) is 7.57. The third kappa shape index (κ3) is 2.82. The molecule has 0 aliphatic rings. The second kappa shape index (κ2) is 5.82. The number of para-hydroxylation sites is 1. The highest BCUT2D eigenvalue weighted by Crippen LogP contribution is 2.33. The Bertz CT molecular complexity index is 872. The van der Waals surface area contributed by atoms with E-state index in [4.69, 9.17) is 0 Å².